The first-order chi connectivity index (χ1) is 17.9. The first-order valence-corrected chi connectivity index (χ1v) is 12.1. The molecule has 1 aliphatic heterocycles. The van der Waals surface area contributed by atoms with E-state index >= 15 is 0 Å². The highest BCUT2D eigenvalue weighted by Crippen LogP contribution is 2.27. The first kappa shape index (κ1) is 21.2. The van der Waals surface area contributed by atoms with Gasteiger partial charge in [0.1, 0.15) is 5.82 Å². The van der Waals surface area contributed by atoms with Crippen molar-refractivity contribution < 1.29 is 28.4 Å². The summed E-state index contributed by atoms with van der Waals surface area (Å²) in [5.41, 5.74) is 0.657. The number of aliphatic carboxylic acids is 1. The number of likely N-dealkylation sites (N-methyl/N-ethyl adjacent to an activating group) is 1. The van der Waals surface area contributed by atoms with E-state index in [1.807, 2.05) is 0 Å². The second-order valence-corrected chi connectivity index (χ2v) is 9.90. The Balaban J connectivity index is 1.43. The molecule has 0 unspecified atom stereocenters. The molecule has 1 saturated carbocycles. The number of carboxylic acids is 1. The van der Waals surface area contributed by atoms with Crippen LogP contribution in [-0.4, -0.2) is 69.3 Å². The number of hydrogen-bond donors (Lipinski definition) is 4. The van der Waals surface area contributed by atoms with Crippen LogP contribution in [0, 0.1) is 5.92 Å². The Bertz CT molecular complexity index is 1240. The number of amides is 3. The first-order valence-electron chi connectivity index (χ1n) is 12.4. The summed E-state index contributed by atoms with van der Waals surface area (Å²) in [6, 6.07) is 1.45. The number of hydrogen-bond acceptors (Lipinski definition) is 8. The summed E-state index contributed by atoms with van der Waals surface area (Å²) in [7, 11) is 0. The molecule has 4 rings (SSSR count). The van der Waals surface area contributed by atoms with E-state index in [0.29, 0.717) is 28.6 Å². The summed E-state index contributed by atoms with van der Waals surface area (Å²) in [5, 5.41) is 17.7. The van der Waals surface area contributed by atoms with E-state index in [4.69, 9.17) is 15.7 Å². The van der Waals surface area contributed by atoms with E-state index < -0.39 is 48.7 Å². The van der Waals surface area contributed by atoms with Crippen LogP contribution in [0.5, 0.6) is 0 Å². The monoisotopic (exact) mass is 523 g/mol. The van der Waals surface area contributed by atoms with Crippen LogP contribution in [0.2, 0.25) is 5.02 Å². The predicted molar refractivity (Wildman–Crippen MR) is 128 cm³/mol. The molecular weight excluding hydrogens is 496 g/mol. The molecule has 4 N–H and O–H groups in total. The number of pyridine rings is 1. The lowest BCUT2D eigenvalue weighted by molar-refractivity contribution is -0.143. The lowest BCUT2D eigenvalue weighted by atomic mass is 9.82. The fraction of sp³-hybridized carbons (Fsp3) is 0.455. The van der Waals surface area contributed by atoms with Gasteiger partial charge in [0.15, 0.2) is 5.01 Å². The zero-order valence-electron chi connectivity index (χ0n) is 21.4. The molecule has 11 nitrogen and oxygen atoms in total. The van der Waals surface area contributed by atoms with Crippen molar-refractivity contribution in [2.75, 3.05) is 18.8 Å². The largest absolute Gasteiger partial charge is 0.481 e. The molecule has 2 aromatic heterocycles. The number of carbonyl (C=O) groups is 4. The van der Waals surface area contributed by atoms with Crippen LogP contribution in [-0.2, 0) is 27.3 Å². The molecule has 0 spiro atoms. The van der Waals surface area contributed by atoms with E-state index in [2.05, 4.69) is 25.9 Å². The average molecular weight is 524 g/mol. The maximum absolute atomic E-state index is 13.1. The molecule has 35 heavy (non-hydrogen) atoms. The van der Waals surface area contributed by atoms with Crippen molar-refractivity contribution in [1.82, 2.24) is 25.5 Å². The van der Waals surface area contributed by atoms with Gasteiger partial charge < -0.3 is 26.0 Å². The molecule has 2 aliphatic rings. The number of thiazole rings is 1. The summed E-state index contributed by atoms with van der Waals surface area (Å²) in [5.74, 6) is -4.13. The van der Waals surface area contributed by atoms with Crippen molar-refractivity contribution >= 4 is 52.4 Å². The number of halogens is 1. The Kier molecular flexibility index (Phi) is 6.47. The third-order valence-corrected chi connectivity index (χ3v) is 7.24. The number of aromatic nitrogens is 2. The maximum atomic E-state index is 13.1. The maximum Gasteiger partial charge on any atom is 0.314 e. The molecule has 186 valence electrons. The van der Waals surface area contributed by atoms with Crippen molar-refractivity contribution in [2.45, 2.75) is 44.3 Å². The lowest BCUT2D eigenvalue weighted by Crippen LogP contribution is -2.56. The summed E-state index contributed by atoms with van der Waals surface area (Å²) in [6.07, 6.45) is 2.22. The van der Waals surface area contributed by atoms with Crippen LogP contribution < -0.4 is 16.0 Å². The molecule has 3 amide bonds. The van der Waals surface area contributed by atoms with Gasteiger partial charge in [-0.2, -0.15) is 0 Å². The summed E-state index contributed by atoms with van der Waals surface area (Å²) < 4.78 is 22.8. The van der Waals surface area contributed by atoms with Crippen LogP contribution >= 0.6 is 22.9 Å². The topological polar surface area (TPSA) is 154 Å². The number of rotatable bonds is 5. The standard InChI is InChI=1S/C22H25ClN6O5S/c1-29-7-6-14-16(10-29)35-21(27-14)20(32)26-15-8-11(22(33)34)2-4-13(15)25-18(30)19(31)28-17-5-3-12(23)9-24-17/h3,5,9,11,13,15H,2,4,6-8,10H2,1H3,(H,25,30)(H,26,32)(H,33,34)(H,24,28,31)/t11-,13-,15+/m0/s1/i1D3. The zero-order valence-corrected chi connectivity index (χ0v) is 20.0. The van der Waals surface area contributed by atoms with Gasteiger partial charge >= 0.3 is 17.8 Å². The van der Waals surface area contributed by atoms with Crippen LogP contribution in [0.15, 0.2) is 18.3 Å². The van der Waals surface area contributed by atoms with E-state index in [1.54, 1.807) is 0 Å². The molecule has 1 fully saturated rings. The number of nitrogens with one attached hydrogen (secondary N) is 3. The minimum Gasteiger partial charge on any atom is -0.481 e. The summed E-state index contributed by atoms with van der Waals surface area (Å²) in [6.45, 7) is -1.81. The Morgan fingerprint density at radius 3 is 2.74 bits per heavy atom. The minimum absolute atomic E-state index is 0.0459. The molecule has 0 bridgehead atoms. The Morgan fingerprint density at radius 2 is 2.03 bits per heavy atom. The van der Waals surface area contributed by atoms with Crippen molar-refractivity contribution in [2.24, 2.45) is 5.92 Å². The Labute approximate surface area is 214 Å². The van der Waals surface area contributed by atoms with Crippen LogP contribution in [0.4, 0.5) is 5.82 Å². The number of carbonyl (C=O) groups excluding carboxylic acids is 3. The third-order valence-electron chi connectivity index (χ3n) is 5.93. The Hall–Kier alpha value is -3.09. The lowest BCUT2D eigenvalue weighted by Gasteiger charge is -2.35. The number of fused-ring (bicyclic) bond motifs is 1. The molecular formula is C22H25ClN6O5S. The molecule has 0 saturated heterocycles. The molecule has 3 atom stereocenters. The minimum atomic E-state index is -2.25. The predicted octanol–water partition coefficient (Wildman–Crippen LogP) is 1.29. The molecule has 0 aromatic carbocycles. The van der Waals surface area contributed by atoms with Crippen molar-refractivity contribution in [3.63, 3.8) is 0 Å². The van der Waals surface area contributed by atoms with Gasteiger partial charge in [-0.15, -0.1) is 11.3 Å². The normalized spacial score (nSPS) is 23.7. The molecule has 3 heterocycles. The van der Waals surface area contributed by atoms with E-state index in [1.165, 1.54) is 23.2 Å². The van der Waals surface area contributed by atoms with Gasteiger partial charge in [-0.1, -0.05) is 11.6 Å². The highest BCUT2D eigenvalue weighted by molar-refractivity contribution is 7.13. The summed E-state index contributed by atoms with van der Waals surface area (Å²) >= 11 is 6.85. The SMILES string of the molecule is [2H]C([2H])([2H])N1CCc2nc(C(=O)N[C@@H]3C[C@@H](C(=O)O)CC[C@@H]3NC(=O)C(=O)Nc3ccc(Cl)cn3)sc2C1. The second kappa shape index (κ2) is 10.7. The van der Waals surface area contributed by atoms with E-state index in [-0.39, 0.29) is 36.6 Å². The molecule has 2 aromatic rings. The molecule has 0 radical (unpaired) electrons. The van der Waals surface area contributed by atoms with Gasteiger partial charge in [0, 0.05) is 40.7 Å². The quantitative estimate of drug-likeness (QED) is 0.427. The molecule has 1 aliphatic carbocycles. The summed E-state index contributed by atoms with van der Waals surface area (Å²) in [4.78, 5) is 59.9. The fourth-order valence-electron chi connectivity index (χ4n) is 4.11. The van der Waals surface area contributed by atoms with Gasteiger partial charge in [-0.3, -0.25) is 19.2 Å². The third kappa shape index (κ3) is 6.13. The zero-order chi connectivity index (χ0) is 27.6. The number of nitrogens with zero attached hydrogens (tertiary/aromatic N) is 3. The van der Waals surface area contributed by atoms with Crippen LogP contribution in [0.1, 0.15) is 43.7 Å². The highest BCUT2D eigenvalue weighted by atomic mass is 35.5. The number of carboxylic acid groups (broad SMARTS) is 1. The van der Waals surface area contributed by atoms with Gasteiger partial charge in [-0.05, 0) is 38.4 Å². The Morgan fingerprint density at radius 1 is 1.20 bits per heavy atom. The second-order valence-electron chi connectivity index (χ2n) is 8.38. The fourth-order valence-corrected chi connectivity index (χ4v) is 5.25. The van der Waals surface area contributed by atoms with Crippen molar-refractivity contribution in [1.29, 1.82) is 0 Å². The van der Waals surface area contributed by atoms with Gasteiger partial charge in [-0.25, -0.2) is 9.97 Å². The molecule has 13 heteroatoms. The van der Waals surface area contributed by atoms with Gasteiger partial charge in [0.25, 0.3) is 5.91 Å². The van der Waals surface area contributed by atoms with Crippen LogP contribution in [0.25, 0.3) is 0 Å². The van der Waals surface area contributed by atoms with Crippen LogP contribution in [0.3, 0.4) is 0 Å². The van der Waals surface area contributed by atoms with Crippen molar-refractivity contribution in [3.05, 3.63) is 38.9 Å². The van der Waals surface area contributed by atoms with E-state index in [9.17, 15) is 24.3 Å². The number of anilines is 1. The van der Waals surface area contributed by atoms with E-state index in [0.717, 1.165) is 11.3 Å². The average Bonchev–Trinajstić information content (AvgIpc) is 3.29. The highest BCUT2D eigenvalue weighted by Gasteiger charge is 2.37. The van der Waals surface area contributed by atoms with Crippen molar-refractivity contribution in [3.8, 4) is 0 Å². The smallest absolute Gasteiger partial charge is 0.314 e. The van der Waals surface area contributed by atoms with Gasteiger partial charge in [0.05, 0.1) is 22.7 Å². The van der Waals surface area contributed by atoms with Gasteiger partial charge in [0.2, 0.25) is 0 Å².